The van der Waals surface area contributed by atoms with Gasteiger partial charge in [-0.25, -0.2) is 0 Å². The van der Waals surface area contributed by atoms with Gasteiger partial charge in [0.2, 0.25) is 0 Å². The van der Waals surface area contributed by atoms with Gasteiger partial charge < -0.3 is 4.74 Å². The van der Waals surface area contributed by atoms with E-state index in [1.807, 2.05) is 24.1 Å². The van der Waals surface area contributed by atoms with Crippen molar-refractivity contribution in [2.45, 2.75) is 32.2 Å². The summed E-state index contributed by atoms with van der Waals surface area (Å²) >= 11 is 0. The van der Waals surface area contributed by atoms with E-state index in [0.717, 1.165) is 44.5 Å². The molecule has 1 aliphatic heterocycles. The van der Waals surface area contributed by atoms with E-state index in [-0.39, 0.29) is 0 Å². The number of likely N-dealkylation sites (tertiary alicyclic amines) is 1. The molecule has 0 radical (unpaired) electrons. The molecule has 2 aromatic heterocycles. The van der Waals surface area contributed by atoms with Crippen LogP contribution in [0.5, 0.6) is 0 Å². The zero-order valence-electron chi connectivity index (χ0n) is 15.3. The molecular weight excluding hydrogens is 312 g/mol. The fourth-order valence-electron chi connectivity index (χ4n) is 3.96. The van der Waals surface area contributed by atoms with Crippen molar-refractivity contribution in [2.75, 3.05) is 26.3 Å². The number of ether oxygens (including phenoxy) is 1. The molecule has 2 atom stereocenters. The first-order valence-electron chi connectivity index (χ1n) is 9.38. The molecular formula is C20H28N4O. The summed E-state index contributed by atoms with van der Waals surface area (Å²) in [7, 11) is 1.99. The number of rotatable bonds is 7. The lowest BCUT2D eigenvalue weighted by Crippen LogP contribution is -2.22. The number of aryl methyl sites for hydroxylation is 2. The molecule has 134 valence electrons. The third-order valence-corrected chi connectivity index (χ3v) is 5.54. The van der Waals surface area contributed by atoms with Crippen LogP contribution in [0.4, 0.5) is 0 Å². The van der Waals surface area contributed by atoms with Gasteiger partial charge in [-0.15, -0.1) is 0 Å². The van der Waals surface area contributed by atoms with Crippen molar-refractivity contribution < 1.29 is 4.74 Å². The highest BCUT2D eigenvalue weighted by Crippen LogP contribution is 2.35. The van der Waals surface area contributed by atoms with Crippen LogP contribution in [0, 0.1) is 18.8 Å². The van der Waals surface area contributed by atoms with Crippen LogP contribution in [0.3, 0.4) is 0 Å². The Labute approximate surface area is 150 Å². The van der Waals surface area contributed by atoms with Gasteiger partial charge in [-0.2, -0.15) is 5.10 Å². The molecule has 5 nitrogen and oxygen atoms in total. The van der Waals surface area contributed by atoms with Crippen molar-refractivity contribution in [3.05, 3.63) is 47.5 Å². The van der Waals surface area contributed by atoms with Crippen molar-refractivity contribution in [2.24, 2.45) is 18.9 Å². The molecule has 2 fully saturated rings. The summed E-state index contributed by atoms with van der Waals surface area (Å²) < 4.78 is 7.97. The highest BCUT2D eigenvalue weighted by molar-refractivity contribution is 5.21. The van der Waals surface area contributed by atoms with E-state index in [9.17, 15) is 0 Å². The molecule has 0 bridgehead atoms. The minimum Gasteiger partial charge on any atom is -0.381 e. The van der Waals surface area contributed by atoms with E-state index < -0.39 is 0 Å². The second-order valence-corrected chi connectivity index (χ2v) is 7.74. The lowest BCUT2D eigenvalue weighted by Gasteiger charge is -2.18. The van der Waals surface area contributed by atoms with Gasteiger partial charge in [0.1, 0.15) is 0 Å². The van der Waals surface area contributed by atoms with Gasteiger partial charge in [-0.1, -0.05) is 0 Å². The third kappa shape index (κ3) is 4.10. The normalized spacial score (nSPS) is 24.1. The molecule has 2 aromatic rings. The fraction of sp³-hybridized carbons (Fsp3) is 0.600. The van der Waals surface area contributed by atoms with Crippen molar-refractivity contribution in [3.8, 4) is 0 Å². The SMILES string of the molecule is Cc1nn(C)cc1CN1C[C@@H](COCC2CC2)[C@H](c2ccncc2)C1. The lowest BCUT2D eigenvalue weighted by molar-refractivity contribution is 0.0887. The first-order chi connectivity index (χ1) is 12.2. The Hall–Kier alpha value is -1.72. The van der Waals surface area contributed by atoms with E-state index in [0.29, 0.717) is 11.8 Å². The summed E-state index contributed by atoms with van der Waals surface area (Å²) in [4.78, 5) is 6.74. The predicted octanol–water partition coefficient (Wildman–Crippen LogP) is 2.77. The van der Waals surface area contributed by atoms with Crippen molar-refractivity contribution in [3.63, 3.8) is 0 Å². The van der Waals surface area contributed by atoms with E-state index in [2.05, 4.69) is 40.2 Å². The van der Waals surface area contributed by atoms with Crippen molar-refractivity contribution >= 4 is 0 Å². The van der Waals surface area contributed by atoms with Crippen LogP contribution in [0.25, 0.3) is 0 Å². The van der Waals surface area contributed by atoms with Crippen molar-refractivity contribution in [1.29, 1.82) is 0 Å². The van der Waals surface area contributed by atoms with Crippen LogP contribution in [-0.2, 0) is 18.3 Å². The van der Waals surface area contributed by atoms with Gasteiger partial charge in [0.05, 0.1) is 12.3 Å². The molecule has 1 saturated heterocycles. The number of pyridine rings is 1. The third-order valence-electron chi connectivity index (χ3n) is 5.54. The monoisotopic (exact) mass is 340 g/mol. The second-order valence-electron chi connectivity index (χ2n) is 7.74. The molecule has 3 heterocycles. The highest BCUT2D eigenvalue weighted by atomic mass is 16.5. The Morgan fingerprint density at radius 3 is 2.64 bits per heavy atom. The first-order valence-corrected chi connectivity index (χ1v) is 9.38. The lowest BCUT2D eigenvalue weighted by atomic mass is 9.90. The summed E-state index contributed by atoms with van der Waals surface area (Å²) in [6.45, 7) is 7.05. The zero-order valence-corrected chi connectivity index (χ0v) is 15.3. The fourth-order valence-corrected chi connectivity index (χ4v) is 3.96. The minimum atomic E-state index is 0.527. The van der Waals surface area contributed by atoms with E-state index in [1.54, 1.807) is 0 Å². The van der Waals surface area contributed by atoms with Gasteiger partial charge in [0.25, 0.3) is 0 Å². The van der Waals surface area contributed by atoms with E-state index in [1.165, 1.54) is 24.0 Å². The van der Waals surface area contributed by atoms with Crippen LogP contribution in [0.1, 0.15) is 35.6 Å². The highest BCUT2D eigenvalue weighted by Gasteiger charge is 2.34. The topological polar surface area (TPSA) is 43.2 Å². The molecule has 2 aliphatic rings. The quantitative estimate of drug-likeness (QED) is 0.777. The van der Waals surface area contributed by atoms with Gasteiger partial charge in [0.15, 0.2) is 0 Å². The van der Waals surface area contributed by atoms with E-state index in [4.69, 9.17) is 4.74 Å². The van der Waals surface area contributed by atoms with Gasteiger partial charge in [0, 0.05) is 69.3 Å². The molecule has 5 heteroatoms. The maximum atomic E-state index is 6.06. The Morgan fingerprint density at radius 2 is 1.96 bits per heavy atom. The first kappa shape index (κ1) is 16.7. The van der Waals surface area contributed by atoms with Gasteiger partial charge in [-0.3, -0.25) is 14.6 Å². The van der Waals surface area contributed by atoms with Gasteiger partial charge in [-0.05, 0) is 43.4 Å². The molecule has 0 aromatic carbocycles. The average Bonchev–Trinajstić information content (AvgIpc) is 3.26. The smallest absolute Gasteiger partial charge is 0.0638 e. The average molecular weight is 340 g/mol. The summed E-state index contributed by atoms with van der Waals surface area (Å²) in [6, 6.07) is 4.33. The largest absolute Gasteiger partial charge is 0.381 e. The van der Waals surface area contributed by atoms with Crippen LogP contribution < -0.4 is 0 Å². The number of nitrogens with zero attached hydrogens (tertiary/aromatic N) is 4. The summed E-state index contributed by atoms with van der Waals surface area (Å²) in [5.74, 6) is 1.91. The Morgan fingerprint density at radius 1 is 1.16 bits per heavy atom. The molecule has 0 unspecified atom stereocenters. The second kappa shape index (κ2) is 7.26. The Kier molecular flexibility index (Phi) is 4.86. The molecule has 1 saturated carbocycles. The zero-order chi connectivity index (χ0) is 17.2. The molecule has 0 amide bonds. The Bertz CT molecular complexity index is 695. The number of hydrogen-bond acceptors (Lipinski definition) is 4. The molecule has 0 spiro atoms. The molecule has 4 rings (SSSR count). The van der Waals surface area contributed by atoms with Crippen LogP contribution in [0.15, 0.2) is 30.7 Å². The Balaban J connectivity index is 1.44. The standard InChI is InChI=1S/C20H28N4O/c1-15-18(9-23(2)22-15)10-24-11-19(14-25-13-16-3-4-16)20(12-24)17-5-7-21-8-6-17/h5-9,16,19-20H,3-4,10-14H2,1-2H3/t19-,20-/m0/s1. The maximum absolute atomic E-state index is 6.06. The van der Waals surface area contributed by atoms with Crippen LogP contribution >= 0.6 is 0 Å². The summed E-state index contributed by atoms with van der Waals surface area (Å²) in [5.41, 5.74) is 3.85. The molecule has 25 heavy (non-hydrogen) atoms. The van der Waals surface area contributed by atoms with Crippen LogP contribution in [-0.4, -0.2) is 46.0 Å². The number of aromatic nitrogens is 3. The number of hydrogen-bond donors (Lipinski definition) is 0. The molecule has 0 N–H and O–H groups in total. The molecule has 1 aliphatic carbocycles. The van der Waals surface area contributed by atoms with Crippen LogP contribution in [0.2, 0.25) is 0 Å². The minimum absolute atomic E-state index is 0.527. The van der Waals surface area contributed by atoms with Gasteiger partial charge >= 0.3 is 0 Å². The summed E-state index contributed by atoms with van der Waals surface area (Å²) in [6.07, 6.45) is 8.67. The predicted molar refractivity (Wildman–Crippen MR) is 97.2 cm³/mol. The summed E-state index contributed by atoms with van der Waals surface area (Å²) in [5, 5.41) is 4.48. The van der Waals surface area contributed by atoms with E-state index >= 15 is 0 Å². The maximum Gasteiger partial charge on any atom is 0.0638 e. The van der Waals surface area contributed by atoms with Crippen molar-refractivity contribution in [1.82, 2.24) is 19.7 Å².